The zero-order valence-electron chi connectivity index (χ0n) is 11.6. The molecule has 0 aliphatic heterocycles. The number of hydrogen-bond donors (Lipinski definition) is 2. The maximum atomic E-state index is 10.8. The Morgan fingerprint density at radius 3 is 2.85 bits per heavy atom. The monoisotopic (exact) mass is 297 g/mol. The molecule has 6 heteroatoms. The summed E-state index contributed by atoms with van der Waals surface area (Å²) in [7, 11) is 2.14. The van der Waals surface area contributed by atoms with Crippen molar-refractivity contribution in [3.8, 4) is 0 Å². The van der Waals surface area contributed by atoms with Gasteiger partial charge in [0.1, 0.15) is 5.82 Å². The number of pyridine rings is 1. The molecule has 0 amide bonds. The highest BCUT2D eigenvalue weighted by molar-refractivity contribution is 6.33. The van der Waals surface area contributed by atoms with Gasteiger partial charge in [-0.05, 0) is 26.0 Å². The van der Waals surface area contributed by atoms with Gasteiger partial charge in [0.25, 0.3) is 0 Å². The van der Waals surface area contributed by atoms with E-state index in [9.17, 15) is 4.79 Å². The Hall–Kier alpha value is -1.33. The summed E-state index contributed by atoms with van der Waals surface area (Å²) in [5.74, 6) is -0.483. The quantitative estimate of drug-likeness (QED) is 0.845. The molecule has 1 aliphatic carbocycles. The van der Waals surface area contributed by atoms with Gasteiger partial charge in [-0.3, -0.25) is 0 Å². The van der Waals surface area contributed by atoms with E-state index in [-0.39, 0.29) is 5.56 Å². The van der Waals surface area contributed by atoms with Gasteiger partial charge in [0.2, 0.25) is 0 Å². The van der Waals surface area contributed by atoms with E-state index >= 15 is 0 Å². The zero-order valence-corrected chi connectivity index (χ0v) is 12.4. The van der Waals surface area contributed by atoms with Gasteiger partial charge in [-0.15, -0.1) is 0 Å². The molecular formula is C14H20ClN3O2. The molecule has 2 rings (SSSR count). The van der Waals surface area contributed by atoms with Gasteiger partial charge in [-0.1, -0.05) is 24.4 Å². The molecule has 1 heterocycles. The van der Waals surface area contributed by atoms with E-state index in [2.05, 4.69) is 22.2 Å². The molecule has 0 atom stereocenters. The molecule has 0 saturated heterocycles. The number of nitrogens with one attached hydrogen (secondary N) is 1. The van der Waals surface area contributed by atoms with E-state index < -0.39 is 5.97 Å². The minimum Gasteiger partial charge on any atom is -0.478 e. The second-order valence-electron chi connectivity index (χ2n) is 5.21. The van der Waals surface area contributed by atoms with Crippen LogP contribution in [0.25, 0.3) is 0 Å². The maximum Gasteiger partial charge on any atom is 0.337 e. The summed E-state index contributed by atoms with van der Waals surface area (Å²) in [5, 5.41) is 12.3. The molecular weight excluding hydrogens is 278 g/mol. The summed E-state index contributed by atoms with van der Waals surface area (Å²) < 4.78 is 0. The molecule has 5 nitrogen and oxygen atoms in total. The summed E-state index contributed by atoms with van der Waals surface area (Å²) in [6.45, 7) is 1.66. The lowest BCUT2D eigenvalue weighted by atomic mass is 10.2. The normalized spacial score (nSPS) is 15.8. The number of nitrogens with zero attached hydrogens (tertiary/aromatic N) is 2. The Morgan fingerprint density at radius 2 is 2.25 bits per heavy atom. The predicted molar refractivity (Wildman–Crippen MR) is 79.6 cm³/mol. The van der Waals surface area contributed by atoms with E-state index in [0.29, 0.717) is 16.9 Å². The topological polar surface area (TPSA) is 65.5 Å². The van der Waals surface area contributed by atoms with Crippen LogP contribution in [0, 0.1) is 0 Å². The fourth-order valence-corrected chi connectivity index (χ4v) is 2.80. The Labute approximate surface area is 123 Å². The van der Waals surface area contributed by atoms with Crippen LogP contribution < -0.4 is 5.32 Å². The second-order valence-corrected chi connectivity index (χ2v) is 5.61. The highest BCUT2D eigenvalue weighted by Gasteiger charge is 2.18. The van der Waals surface area contributed by atoms with Crippen LogP contribution in [-0.4, -0.2) is 47.1 Å². The molecule has 20 heavy (non-hydrogen) atoms. The lowest BCUT2D eigenvalue weighted by molar-refractivity contribution is 0.0696. The van der Waals surface area contributed by atoms with Crippen LogP contribution in [-0.2, 0) is 0 Å². The lowest BCUT2D eigenvalue weighted by Gasteiger charge is -2.24. The van der Waals surface area contributed by atoms with Crippen LogP contribution in [0.4, 0.5) is 5.82 Å². The van der Waals surface area contributed by atoms with Crippen LogP contribution in [0.5, 0.6) is 0 Å². The second kappa shape index (κ2) is 6.90. The van der Waals surface area contributed by atoms with Crippen molar-refractivity contribution in [3.63, 3.8) is 0 Å². The summed E-state index contributed by atoms with van der Waals surface area (Å²) in [5.41, 5.74) is 0.101. The molecule has 0 aromatic carbocycles. The van der Waals surface area contributed by atoms with Gasteiger partial charge in [0.15, 0.2) is 0 Å². The van der Waals surface area contributed by atoms with Crippen LogP contribution in [0.1, 0.15) is 36.0 Å². The Morgan fingerprint density at radius 1 is 1.55 bits per heavy atom. The van der Waals surface area contributed by atoms with Crippen molar-refractivity contribution in [1.82, 2.24) is 9.88 Å². The Bertz CT molecular complexity index is 475. The number of carboxylic acid groups (broad SMARTS) is 1. The number of hydrogen-bond acceptors (Lipinski definition) is 4. The molecule has 1 aromatic heterocycles. The zero-order chi connectivity index (χ0) is 14.5. The number of halogens is 1. The van der Waals surface area contributed by atoms with Crippen molar-refractivity contribution in [2.75, 3.05) is 25.5 Å². The molecule has 1 saturated carbocycles. The number of carbonyl (C=O) groups is 1. The molecule has 1 fully saturated rings. The largest absolute Gasteiger partial charge is 0.478 e. The Kier molecular flexibility index (Phi) is 5.20. The Balaban J connectivity index is 1.83. The van der Waals surface area contributed by atoms with Gasteiger partial charge in [-0.2, -0.15) is 0 Å². The molecule has 0 spiro atoms. The summed E-state index contributed by atoms with van der Waals surface area (Å²) in [6.07, 6.45) is 6.53. The van der Waals surface area contributed by atoms with Gasteiger partial charge < -0.3 is 15.3 Å². The van der Waals surface area contributed by atoms with Crippen LogP contribution in [0.15, 0.2) is 12.3 Å². The van der Waals surface area contributed by atoms with Crippen LogP contribution in [0.2, 0.25) is 5.02 Å². The fraction of sp³-hybridized carbons (Fsp3) is 0.571. The van der Waals surface area contributed by atoms with Gasteiger partial charge in [0, 0.05) is 25.3 Å². The number of aromatic carboxylic acids is 1. The first-order chi connectivity index (χ1) is 9.58. The van der Waals surface area contributed by atoms with Crippen molar-refractivity contribution in [3.05, 3.63) is 22.8 Å². The summed E-state index contributed by atoms with van der Waals surface area (Å²) >= 11 is 6.01. The predicted octanol–water partition coefficient (Wildman–Crippen LogP) is 2.72. The van der Waals surface area contributed by atoms with Gasteiger partial charge >= 0.3 is 5.97 Å². The standard InChI is InChI=1S/C14H20ClN3O2/c1-18(11-4-2-3-5-11)7-6-16-13-12(15)8-10(9-17-13)14(19)20/h8-9,11H,2-7H2,1H3,(H,16,17)(H,19,20). The summed E-state index contributed by atoms with van der Waals surface area (Å²) in [6, 6.07) is 2.11. The third-order valence-electron chi connectivity index (χ3n) is 3.79. The van der Waals surface area contributed by atoms with E-state index in [1.54, 1.807) is 0 Å². The van der Waals surface area contributed by atoms with E-state index in [1.807, 2.05) is 0 Å². The maximum absolute atomic E-state index is 10.8. The number of aromatic nitrogens is 1. The number of anilines is 1. The third-order valence-corrected chi connectivity index (χ3v) is 4.08. The van der Waals surface area contributed by atoms with Crippen molar-refractivity contribution in [2.45, 2.75) is 31.7 Å². The first-order valence-corrected chi connectivity index (χ1v) is 7.28. The molecule has 0 radical (unpaired) electrons. The molecule has 0 bridgehead atoms. The van der Waals surface area contributed by atoms with E-state index in [4.69, 9.17) is 16.7 Å². The van der Waals surface area contributed by atoms with Crippen LogP contribution in [0.3, 0.4) is 0 Å². The van der Waals surface area contributed by atoms with Crippen molar-refractivity contribution < 1.29 is 9.90 Å². The molecule has 110 valence electrons. The fourth-order valence-electron chi connectivity index (χ4n) is 2.56. The first kappa shape index (κ1) is 15.1. The highest BCUT2D eigenvalue weighted by Crippen LogP contribution is 2.22. The van der Waals surface area contributed by atoms with E-state index in [0.717, 1.165) is 13.1 Å². The lowest BCUT2D eigenvalue weighted by Crippen LogP contribution is -2.33. The van der Waals surface area contributed by atoms with E-state index in [1.165, 1.54) is 37.9 Å². The van der Waals surface area contributed by atoms with Crippen molar-refractivity contribution in [2.24, 2.45) is 0 Å². The smallest absolute Gasteiger partial charge is 0.337 e. The molecule has 1 aromatic rings. The van der Waals surface area contributed by atoms with Crippen LogP contribution >= 0.6 is 11.6 Å². The average molecular weight is 298 g/mol. The highest BCUT2D eigenvalue weighted by atomic mass is 35.5. The number of rotatable bonds is 6. The SMILES string of the molecule is CN(CCNc1ncc(C(=O)O)cc1Cl)C1CCCC1. The third kappa shape index (κ3) is 3.84. The van der Waals surface area contributed by atoms with Gasteiger partial charge in [-0.25, -0.2) is 9.78 Å². The minimum absolute atomic E-state index is 0.101. The number of carboxylic acids is 1. The molecule has 0 unspecified atom stereocenters. The van der Waals surface area contributed by atoms with Crippen molar-refractivity contribution in [1.29, 1.82) is 0 Å². The van der Waals surface area contributed by atoms with Crippen molar-refractivity contribution >= 4 is 23.4 Å². The first-order valence-electron chi connectivity index (χ1n) is 6.91. The number of likely N-dealkylation sites (N-methyl/N-ethyl adjacent to an activating group) is 1. The minimum atomic E-state index is -1.02. The molecule has 2 N–H and O–H groups in total. The summed E-state index contributed by atoms with van der Waals surface area (Å²) in [4.78, 5) is 17.2. The van der Waals surface area contributed by atoms with Gasteiger partial charge in [0.05, 0.1) is 10.6 Å². The average Bonchev–Trinajstić information content (AvgIpc) is 2.94. The molecule has 1 aliphatic rings.